The van der Waals surface area contributed by atoms with E-state index < -0.39 is 0 Å². The van der Waals surface area contributed by atoms with Crippen LogP contribution in [0.15, 0.2) is 29.6 Å². The monoisotopic (exact) mass is 454 g/mol. The number of benzene rings is 1. The lowest BCUT2D eigenvalue weighted by Crippen LogP contribution is -2.41. The maximum atomic E-state index is 13.0. The minimum atomic E-state index is 0.0349. The highest BCUT2D eigenvalue weighted by Crippen LogP contribution is 2.57. The SMILES string of the molecule is Cc1nc(C2CC2c2ccc(C(=O)N(C)C3CCC(N)CC3)cc2Cl)c2ccsc2n1. The van der Waals surface area contributed by atoms with Crippen molar-refractivity contribution >= 4 is 39.1 Å². The van der Waals surface area contributed by atoms with Gasteiger partial charge >= 0.3 is 0 Å². The molecule has 2 aliphatic rings. The minimum absolute atomic E-state index is 0.0349. The number of fused-ring (bicyclic) bond motifs is 1. The molecule has 0 aliphatic heterocycles. The topological polar surface area (TPSA) is 72.1 Å². The number of halogens is 1. The van der Waals surface area contributed by atoms with E-state index in [1.165, 1.54) is 0 Å². The van der Waals surface area contributed by atoms with Crippen LogP contribution in [0.3, 0.4) is 0 Å². The zero-order valence-corrected chi connectivity index (χ0v) is 19.4. The first kappa shape index (κ1) is 20.9. The van der Waals surface area contributed by atoms with Gasteiger partial charge in [0.05, 0.1) is 5.69 Å². The highest BCUT2D eigenvalue weighted by atomic mass is 35.5. The molecule has 0 bridgehead atoms. The molecule has 2 unspecified atom stereocenters. The van der Waals surface area contributed by atoms with Gasteiger partial charge in [0.2, 0.25) is 0 Å². The van der Waals surface area contributed by atoms with Crippen LogP contribution in [0.4, 0.5) is 0 Å². The Kier molecular flexibility index (Phi) is 5.49. The van der Waals surface area contributed by atoms with E-state index in [1.807, 2.05) is 37.1 Å². The second-order valence-corrected chi connectivity index (χ2v) is 10.3. The Morgan fingerprint density at radius 2 is 1.94 bits per heavy atom. The first-order chi connectivity index (χ1) is 14.9. The van der Waals surface area contributed by atoms with Gasteiger partial charge in [0.25, 0.3) is 5.91 Å². The van der Waals surface area contributed by atoms with E-state index in [-0.39, 0.29) is 18.0 Å². The Morgan fingerprint density at radius 1 is 1.16 bits per heavy atom. The van der Waals surface area contributed by atoms with Crippen LogP contribution in [0.1, 0.15) is 71.4 Å². The molecule has 5 rings (SSSR count). The van der Waals surface area contributed by atoms with Crippen LogP contribution in [0.2, 0.25) is 5.02 Å². The molecule has 2 heterocycles. The quantitative estimate of drug-likeness (QED) is 0.583. The summed E-state index contributed by atoms with van der Waals surface area (Å²) in [6.45, 7) is 1.95. The van der Waals surface area contributed by atoms with E-state index in [0.717, 1.165) is 59.4 Å². The predicted molar refractivity (Wildman–Crippen MR) is 126 cm³/mol. The summed E-state index contributed by atoms with van der Waals surface area (Å²) in [5.74, 6) is 1.54. The van der Waals surface area contributed by atoms with E-state index in [1.54, 1.807) is 11.3 Å². The maximum Gasteiger partial charge on any atom is 0.253 e. The lowest BCUT2D eigenvalue weighted by atomic mass is 9.90. The normalized spacial score (nSPS) is 25.5. The number of hydrogen-bond donors (Lipinski definition) is 1. The number of aryl methyl sites for hydroxylation is 1. The lowest BCUT2D eigenvalue weighted by Gasteiger charge is -2.33. The summed E-state index contributed by atoms with van der Waals surface area (Å²) in [7, 11) is 1.89. The molecule has 2 N–H and O–H groups in total. The third kappa shape index (κ3) is 3.97. The molecule has 2 saturated carbocycles. The van der Waals surface area contributed by atoms with Gasteiger partial charge < -0.3 is 10.6 Å². The summed E-state index contributed by atoms with van der Waals surface area (Å²) >= 11 is 8.34. The number of rotatable bonds is 4. The second kappa shape index (κ2) is 8.15. The van der Waals surface area contributed by atoms with Crippen molar-refractivity contribution in [2.24, 2.45) is 5.73 Å². The molecule has 2 fully saturated rings. The molecule has 2 aliphatic carbocycles. The minimum Gasteiger partial charge on any atom is -0.339 e. The van der Waals surface area contributed by atoms with E-state index in [4.69, 9.17) is 22.3 Å². The summed E-state index contributed by atoms with van der Waals surface area (Å²) in [6.07, 6.45) is 4.91. The summed E-state index contributed by atoms with van der Waals surface area (Å²) in [5.41, 5.74) is 8.90. The van der Waals surface area contributed by atoms with Crippen molar-refractivity contribution in [2.75, 3.05) is 7.05 Å². The van der Waals surface area contributed by atoms with Crippen molar-refractivity contribution in [3.05, 3.63) is 57.3 Å². The van der Waals surface area contributed by atoms with Crippen LogP contribution in [0.25, 0.3) is 10.2 Å². The van der Waals surface area contributed by atoms with Crippen LogP contribution < -0.4 is 5.73 Å². The van der Waals surface area contributed by atoms with Gasteiger partial charge in [-0.25, -0.2) is 9.97 Å². The van der Waals surface area contributed by atoms with Crippen molar-refractivity contribution in [3.8, 4) is 0 Å². The van der Waals surface area contributed by atoms with Crippen molar-refractivity contribution in [1.29, 1.82) is 0 Å². The first-order valence-electron chi connectivity index (χ1n) is 11.0. The number of thiophene rings is 1. The van der Waals surface area contributed by atoms with Gasteiger partial charge in [0.1, 0.15) is 10.7 Å². The number of nitrogens with zero attached hydrogens (tertiary/aromatic N) is 3. The fraction of sp³-hybridized carbons (Fsp3) is 0.458. The molecule has 2 atom stereocenters. The molecule has 31 heavy (non-hydrogen) atoms. The lowest BCUT2D eigenvalue weighted by molar-refractivity contribution is 0.0690. The first-order valence-corrected chi connectivity index (χ1v) is 12.2. The molecule has 162 valence electrons. The molecule has 2 aromatic heterocycles. The Balaban J connectivity index is 1.33. The average molecular weight is 455 g/mol. The van der Waals surface area contributed by atoms with Crippen molar-refractivity contribution in [2.45, 2.75) is 62.9 Å². The zero-order valence-electron chi connectivity index (χ0n) is 17.8. The number of hydrogen-bond acceptors (Lipinski definition) is 5. The standard InChI is InChI=1S/C24H27ClN4OS/c1-13-27-22(18-9-10-31-23(18)28-13)20-12-19(20)17-8-3-14(11-21(17)25)24(30)29(2)16-6-4-15(26)5-7-16/h3,8-11,15-16,19-20H,4-7,12,26H2,1-2H3. The van der Waals surface area contributed by atoms with Crippen molar-refractivity contribution < 1.29 is 4.79 Å². The van der Waals surface area contributed by atoms with Gasteiger partial charge in [-0.15, -0.1) is 11.3 Å². The van der Waals surface area contributed by atoms with Crippen LogP contribution in [0.5, 0.6) is 0 Å². The van der Waals surface area contributed by atoms with Gasteiger partial charge in [-0.1, -0.05) is 17.7 Å². The molecule has 1 amide bonds. The average Bonchev–Trinajstić information content (AvgIpc) is 3.40. The summed E-state index contributed by atoms with van der Waals surface area (Å²) < 4.78 is 0. The Labute approximate surface area is 191 Å². The summed E-state index contributed by atoms with van der Waals surface area (Å²) in [5, 5.41) is 3.90. The Morgan fingerprint density at radius 3 is 2.68 bits per heavy atom. The summed E-state index contributed by atoms with van der Waals surface area (Å²) in [4.78, 5) is 25.2. The number of carbonyl (C=O) groups excluding carboxylic acids is 1. The van der Waals surface area contributed by atoms with Gasteiger partial charge in [0.15, 0.2) is 0 Å². The van der Waals surface area contributed by atoms with E-state index in [0.29, 0.717) is 22.4 Å². The fourth-order valence-electron chi connectivity index (χ4n) is 4.93. The highest BCUT2D eigenvalue weighted by molar-refractivity contribution is 7.16. The number of carbonyl (C=O) groups is 1. The molecular formula is C24H27ClN4OS. The smallest absolute Gasteiger partial charge is 0.253 e. The fourth-order valence-corrected chi connectivity index (χ4v) is 6.07. The molecule has 0 spiro atoms. The van der Waals surface area contributed by atoms with E-state index in [9.17, 15) is 4.79 Å². The predicted octanol–water partition coefficient (Wildman–Crippen LogP) is 5.27. The van der Waals surface area contributed by atoms with E-state index in [2.05, 4.69) is 16.4 Å². The van der Waals surface area contributed by atoms with Crippen LogP contribution >= 0.6 is 22.9 Å². The van der Waals surface area contributed by atoms with E-state index >= 15 is 0 Å². The van der Waals surface area contributed by atoms with Gasteiger partial charge in [-0.05, 0) is 74.1 Å². The zero-order chi connectivity index (χ0) is 21.7. The molecule has 1 aromatic carbocycles. The van der Waals surface area contributed by atoms with Crippen LogP contribution in [-0.4, -0.2) is 39.9 Å². The Bertz CT molecular complexity index is 1140. The molecule has 3 aromatic rings. The molecule has 5 nitrogen and oxygen atoms in total. The van der Waals surface area contributed by atoms with Gasteiger partial charge in [-0.2, -0.15) is 0 Å². The second-order valence-electron chi connectivity index (χ2n) is 8.97. The van der Waals surface area contributed by atoms with Gasteiger partial charge in [0, 0.05) is 41.0 Å². The van der Waals surface area contributed by atoms with Crippen molar-refractivity contribution in [1.82, 2.24) is 14.9 Å². The van der Waals surface area contributed by atoms with Gasteiger partial charge in [-0.3, -0.25) is 4.79 Å². The number of aromatic nitrogens is 2. The van der Waals surface area contributed by atoms with Crippen LogP contribution in [-0.2, 0) is 0 Å². The third-order valence-electron chi connectivity index (χ3n) is 6.86. The largest absolute Gasteiger partial charge is 0.339 e. The highest BCUT2D eigenvalue weighted by Gasteiger charge is 2.43. The molecule has 7 heteroatoms. The molecule has 0 radical (unpaired) electrons. The third-order valence-corrected chi connectivity index (χ3v) is 8.00. The Hall–Kier alpha value is -2.02. The van der Waals surface area contributed by atoms with Crippen LogP contribution in [0, 0.1) is 6.92 Å². The number of amides is 1. The van der Waals surface area contributed by atoms with Crippen molar-refractivity contribution in [3.63, 3.8) is 0 Å². The maximum absolute atomic E-state index is 13.0. The summed E-state index contributed by atoms with van der Waals surface area (Å²) in [6, 6.07) is 8.44. The molecular weight excluding hydrogens is 428 g/mol. The molecule has 0 saturated heterocycles. The number of nitrogens with two attached hydrogens (primary N) is 1.